The lowest BCUT2D eigenvalue weighted by molar-refractivity contribution is -0.134. The molecule has 3 atom stereocenters. The Bertz CT molecular complexity index is 1410. The fourth-order valence-corrected chi connectivity index (χ4v) is 5.83. The zero-order valence-corrected chi connectivity index (χ0v) is 23.6. The van der Waals surface area contributed by atoms with Crippen LogP contribution in [0.3, 0.4) is 0 Å². The third-order valence-electron chi connectivity index (χ3n) is 7.45. The number of ether oxygens (including phenoxy) is 1. The van der Waals surface area contributed by atoms with Crippen LogP contribution in [-0.2, 0) is 23.2 Å². The Morgan fingerprint density at radius 3 is 2.46 bits per heavy atom. The molecule has 0 saturated carbocycles. The van der Waals surface area contributed by atoms with E-state index in [1.165, 1.54) is 10.2 Å². The number of imide groups is 1. The summed E-state index contributed by atoms with van der Waals surface area (Å²) >= 11 is 3.41. The largest absolute Gasteiger partial charge is 0.489 e. The summed E-state index contributed by atoms with van der Waals surface area (Å²) in [6.45, 7) is 2.28. The van der Waals surface area contributed by atoms with Crippen LogP contribution in [0.25, 0.3) is 0 Å². The maximum Gasteiger partial charge on any atom is 0.282 e. The Morgan fingerprint density at radius 2 is 1.74 bits per heavy atom. The molecule has 3 heterocycles. The first-order valence-corrected chi connectivity index (χ1v) is 13.9. The number of benzene rings is 2. The van der Waals surface area contributed by atoms with Crippen molar-refractivity contribution in [2.24, 2.45) is 7.05 Å². The molecular weight excluding hydrogens is 562 g/mol. The normalized spacial score (nSPS) is 21.9. The van der Waals surface area contributed by atoms with Crippen LogP contribution in [0.5, 0.6) is 5.75 Å². The van der Waals surface area contributed by atoms with Crippen LogP contribution in [0, 0.1) is 0 Å². The van der Waals surface area contributed by atoms with Gasteiger partial charge in [-0.25, -0.2) is 4.68 Å². The average Bonchev–Trinajstić information content (AvgIpc) is 2.93. The molecule has 39 heavy (non-hydrogen) atoms. The van der Waals surface area contributed by atoms with Gasteiger partial charge in [0.15, 0.2) is 0 Å². The number of halogens is 1. The predicted octanol–water partition coefficient (Wildman–Crippen LogP) is 3.54. The lowest BCUT2D eigenvalue weighted by atomic mass is 9.88. The number of nitrogens with one attached hydrogen (secondary N) is 2. The highest BCUT2D eigenvalue weighted by atomic mass is 79.9. The van der Waals surface area contributed by atoms with Crippen LogP contribution in [0.15, 0.2) is 64.0 Å². The van der Waals surface area contributed by atoms with Crippen LogP contribution in [-0.4, -0.2) is 52.7 Å². The molecule has 1 unspecified atom stereocenters. The number of anilines is 1. The van der Waals surface area contributed by atoms with Gasteiger partial charge in [-0.1, -0.05) is 36.4 Å². The molecule has 2 N–H and O–H groups in total. The maximum atomic E-state index is 12.2. The summed E-state index contributed by atoms with van der Waals surface area (Å²) in [7, 11) is 3.75. The van der Waals surface area contributed by atoms with Gasteiger partial charge >= 0.3 is 0 Å². The zero-order valence-electron chi connectivity index (χ0n) is 22.0. The van der Waals surface area contributed by atoms with E-state index in [1.807, 2.05) is 24.3 Å². The summed E-state index contributed by atoms with van der Waals surface area (Å²) in [5, 5.41) is 10.1. The topological polar surface area (TPSA) is 106 Å². The van der Waals surface area contributed by atoms with Crippen LogP contribution in [0.4, 0.5) is 5.69 Å². The van der Waals surface area contributed by atoms with Crippen molar-refractivity contribution in [3.8, 4) is 5.75 Å². The summed E-state index contributed by atoms with van der Waals surface area (Å²) in [5.74, 6) is 0.349. The molecule has 2 saturated heterocycles. The number of hydrogen-bond acceptors (Lipinski definition) is 7. The molecule has 0 radical (unpaired) electrons. The molecule has 3 aromatic rings. The minimum Gasteiger partial charge on any atom is -0.489 e. The molecular formula is C29H32BrN5O4. The van der Waals surface area contributed by atoms with E-state index in [2.05, 4.69) is 67.9 Å². The van der Waals surface area contributed by atoms with Crippen molar-refractivity contribution in [3.63, 3.8) is 0 Å². The van der Waals surface area contributed by atoms with Gasteiger partial charge < -0.3 is 15.0 Å². The first kappa shape index (κ1) is 27.1. The number of likely N-dealkylation sites (tertiary alicyclic amines) is 1. The summed E-state index contributed by atoms with van der Waals surface area (Å²) in [4.78, 5) is 38.0. The standard InChI is InChI=1S/C29H32BrN5O4/c1-34-15-21(13-22(16-34)32-25-14-31-35(2)29(38)27(25)30)19-5-3-18(4-6-19)17-39-23-9-7-20(8-10-23)24-11-12-26(36)33-28(24)37/h3-10,14,21-22,24,32H,11-13,15-17H2,1-2H3,(H,33,36,37)/t21-,22+,24?/m0/s1. The molecule has 204 valence electrons. The fraction of sp³-hybridized carbons (Fsp3) is 0.379. The number of nitrogens with zero attached hydrogens (tertiary/aromatic N) is 3. The van der Waals surface area contributed by atoms with E-state index < -0.39 is 0 Å². The molecule has 0 aliphatic carbocycles. The van der Waals surface area contributed by atoms with E-state index in [0.29, 0.717) is 29.8 Å². The van der Waals surface area contributed by atoms with Gasteiger partial charge in [-0.05, 0) is 70.6 Å². The van der Waals surface area contributed by atoms with E-state index in [1.54, 1.807) is 13.2 Å². The summed E-state index contributed by atoms with van der Waals surface area (Å²) in [6.07, 6.45) is 3.53. The van der Waals surface area contributed by atoms with Gasteiger partial charge in [0.1, 0.15) is 16.8 Å². The smallest absolute Gasteiger partial charge is 0.282 e. The maximum absolute atomic E-state index is 12.2. The SMILES string of the molecule is CN1C[C@H](Nc2cnn(C)c(=O)c2Br)C[C@H](c2ccc(COc3ccc(C4CCC(=O)NC4=O)cc3)cc2)C1. The van der Waals surface area contributed by atoms with Crippen LogP contribution in [0.1, 0.15) is 47.8 Å². The Kier molecular flexibility index (Phi) is 8.13. The molecule has 2 aliphatic rings. The fourth-order valence-electron chi connectivity index (χ4n) is 5.36. The Morgan fingerprint density at radius 1 is 1.03 bits per heavy atom. The first-order valence-electron chi connectivity index (χ1n) is 13.1. The molecule has 2 aliphatic heterocycles. The summed E-state index contributed by atoms with van der Waals surface area (Å²) in [6, 6.07) is 16.3. The Hall–Kier alpha value is -3.50. The highest BCUT2D eigenvalue weighted by Gasteiger charge is 2.28. The molecule has 1 aromatic heterocycles. The second-order valence-electron chi connectivity index (χ2n) is 10.4. The van der Waals surface area contributed by atoms with Gasteiger partial charge in [0, 0.05) is 32.6 Å². The molecule has 10 heteroatoms. The predicted molar refractivity (Wildman–Crippen MR) is 152 cm³/mol. The van der Waals surface area contributed by atoms with Crippen molar-refractivity contribution in [2.75, 3.05) is 25.5 Å². The molecule has 2 amide bonds. The molecule has 2 fully saturated rings. The van der Waals surface area contributed by atoms with Gasteiger partial charge in [-0.2, -0.15) is 5.10 Å². The van der Waals surface area contributed by atoms with E-state index in [9.17, 15) is 14.4 Å². The van der Waals surface area contributed by atoms with Crippen molar-refractivity contribution in [1.29, 1.82) is 0 Å². The number of likely N-dealkylation sites (N-methyl/N-ethyl adjacent to an activating group) is 1. The van der Waals surface area contributed by atoms with Crippen molar-refractivity contribution >= 4 is 33.4 Å². The number of carbonyl (C=O) groups excluding carboxylic acids is 2. The third-order valence-corrected chi connectivity index (χ3v) is 8.22. The van der Waals surface area contributed by atoms with Gasteiger partial charge in [-0.15, -0.1) is 0 Å². The van der Waals surface area contributed by atoms with Gasteiger partial charge in [0.25, 0.3) is 5.56 Å². The quantitative estimate of drug-likeness (QED) is 0.404. The molecule has 9 nitrogen and oxygen atoms in total. The molecule has 2 aromatic carbocycles. The Labute approximate surface area is 235 Å². The summed E-state index contributed by atoms with van der Waals surface area (Å²) in [5.41, 5.74) is 3.78. The number of aromatic nitrogens is 2. The van der Waals surface area contributed by atoms with E-state index in [4.69, 9.17) is 4.74 Å². The van der Waals surface area contributed by atoms with E-state index in [-0.39, 0.29) is 29.3 Å². The van der Waals surface area contributed by atoms with Crippen LogP contribution < -0.4 is 20.9 Å². The lowest BCUT2D eigenvalue weighted by Gasteiger charge is -2.37. The highest BCUT2D eigenvalue weighted by Crippen LogP contribution is 2.30. The van der Waals surface area contributed by atoms with Gasteiger partial charge in [0.2, 0.25) is 11.8 Å². The zero-order chi connectivity index (χ0) is 27.5. The van der Waals surface area contributed by atoms with Gasteiger partial charge in [0.05, 0.1) is 17.8 Å². The number of amides is 2. The summed E-state index contributed by atoms with van der Waals surface area (Å²) < 4.78 is 7.79. The molecule has 0 bridgehead atoms. The average molecular weight is 595 g/mol. The van der Waals surface area contributed by atoms with Crippen molar-refractivity contribution in [3.05, 3.63) is 86.2 Å². The Balaban J connectivity index is 1.17. The lowest BCUT2D eigenvalue weighted by Crippen LogP contribution is -2.43. The van der Waals surface area contributed by atoms with E-state index in [0.717, 1.165) is 42.1 Å². The van der Waals surface area contributed by atoms with Gasteiger partial charge in [-0.3, -0.25) is 19.7 Å². The second-order valence-corrected chi connectivity index (χ2v) is 11.2. The number of rotatable bonds is 7. The van der Waals surface area contributed by atoms with Crippen molar-refractivity contribution in [2.45, 2.75) is 43.7 Å². The van der Waals surface area contributed by atoms with Crippen molar-refractivity contribution < 1.29 is 14.3 Å². The first-order chi connectivity index (χ1) is 18.8. The van der Waals surface area contributed by atoms with Crippen molar-refractivity contribution in [1.82, 2.24) is 20.0 Å². The van der Waals surface area contributed by atoms with E-state index >= 15 is 0 Å². The highest BCUT2D eigenvalue weighted by molar-refractivity contribution is 9.10. The second kappa shape index (κ2) is 11.7. The number of carbonyl (C=O) groups is 2. The number of aryl methyl sites for hydroxylation is 1. The minimum atomic E-state index is -0.295. The molecule has 0 spiro atoms. The molecule has 5 rings (SSSR count). The van der Waals surface area contributed by atoms with Crippen LogP contribution >= 0.6 is 15.9 Å². The monoisotopic (exact) mass is 593 g/mol. The number of hydrogen-bond donors (Lipinski definition) is 2. The third kappa shape index (κ3) is 6.39. The minimum absolute atomic E-state index is 0.163. The number of piperidine rings is 2. The van der Waals surface area contributed by atoms with Crippen LogP contribution in [0.2, 0.25) is 0 Å².